The van der Waals surface area contributed by atoms with Crippen molar-refractivity contribution < 1.29 is 4.79 Å². The Morgan fingerprint density at radius 3 is 2.33 bits per heavy atom. The van der Waals surface area contributed by atoms with Gasteiger partial charge in [0.15, 0.2) is 5.78 Å². The number of hydrogen-bond acceptors (Lipinski definition) is 3. The number of halogens is 1. The highest BCUT2D eigenvalue weighted by Gasteiger charge is 2.16. The van der Waals surface area contributed by atoms with Gasteiger partial charge in [-0.1, -0.05) is 41.9 Å². The molecule has 0 spiro atoms. The van der Waals surface area contributed by atoms with Gasteiger partial charge >= 0.3 is 0 Å². The molecule has 0 radical (unpaired) electrons. The first-order chi connectivity index (χ1) is 15.9. The summed E-state index contributed by atoms with van der Waals surface area (Å²) in [5.41, 5.74) is 6.84. The SMILES string of the molecule is Cc1ccccc1-n1c(-c2ccc(Cl)cc2)ccc1-c1ccc(C(=O)CCCN(C)C)cn1. The quantitative estimate of drug-likeness (QED) is 0.276. The second-order valence-corrected chi connectivity index (χ2v) is 8.93. The molecule has 33 heavy (non-hydrogen) atoms. The van der Waals surface area contributed by atoms with E-state index in [0.29, 0.717) is 17.0 Å². The number of carbonyl (C=O) groups excluding carboxylic acids is 1. The Kier molecular flexibility index (Phi) is 7.07. The number of aromatic nitrogens is 2. The molecule has 168 valence electrons. The normalized spacial score (nSPS) is 11.2. The minimum Gasteiger partial charge on any atom is -0.309 e. The molecule has 4 nitrogen and oxygen atoms in total. The van der Waals surface area contributed by atoms with Gasteiger partial charge in [-0.05, 0) is 87.6 Å². The maximum Gasteiger partial charge on any atom is 0.164 e. The van der Waals surface area contributed by atoms with Crippen LogP contribution in [0.25, 0.3) is 28.3 Å². The maximum atomic E-state index is 12.5. The van der Waals surface area contributed by atoms with E-state index in [2.05, 4.69) is 45.6 Å². The third kappa shape index (κ3) is 5.24. The van der Waals surface area contributed by atoms with E-state index in [1.54, 1.807) is 6.20 Å². The average molecular weight is 458 g/mol. The van der Waals surface area contributed by atoms with Crippen LogP contribution in [0.15, 0.2) is 79.0 Å². The zero-order valence-electron chi connectivity index (χ0n) is 19.3. The molecule has 0 saturated heterocycles. The lowest BCUT2D eigenvalue weighted by atomic mass is 10.1. The molecule has 0 atom stereocenters. The van der Waals surface area contributed by atoms with Crippen molar-refractivity contribution in [3.8, 4) is 28.3 Å². The molecule has 2 aromatic heterocycles. The maximum absolute atomic E-state index is 12.5. The Morgan fingerprint density at radius 1 is 0.939 bits per heavy atom. The lowest BCUT2D eigenvalue weighted by Gasteiger charge is -2.16. The Morgan fingerprint density at radius 2 is 1.67 bits per heavy atom. The van der Waals surface area contributed by atoms with Crippen LogP contribution < -0.4 is 0 Å². The van der Waals surface area contributed by atoms with Crippen LogP contribution in [0, 0.1) is 6.92 Å². The molecule has 0 N–H and O–H groups in total. The Balaban J connectivity index is 1.71. The fraction of sp³-hybridized carbons (Fsp3) is 0.214. The fourth-order valence-corrected chi connectivity index (χ4v) is 4.09. The molecule has 0 amide bonds. The number of carbonyl (C=O) groups is 1. The van der Waals surface area contributed by atoms with Crippen molar-refractivity contribution in [3.05, 3.63) is 95.1 Å². The van der Waals surface area contributed by atoms with Gasteiger partial charge in [-0.3, -0.25) is 9.78 Å². The van der Waals surface area contributed by atoms with Crippen LogP contribution in [0.5, 0.6) is 0 Å². The second-order valence-electron chi connectivity index (χ2n) is 8.49. The molecular weight excluding hydrogens is 430 g/mol. The number of rotatable bonds is 8. The van der Waals surface area contributed by atoms with Gasteiger partial charge in [-0.2, -0.15) is 0 Å². The van der Waals surface area contributed by atoms with Crippen LogP contribution in [-0.4, -0.2) is 40.9 Å². The van der Waals surface area contributed by atoms with E-state index in [0.717, 1.165) is 46.9 Å². The van der Waals surface area contributed by atoms with E-state index >= 15 is 0 Å². The molecule has 2 heterocycles. The number of ketones is 1. The van der Waals surface area contributed by atoms with Gasteiger partial charge in [0.1, 0.15) is 0 Å². The molecule has 4 rings (SSSR count). The van der Waals surface area contributed by atoms with E-state index < -0.39 is 0 Å². The van der Waals surface area contributed by atoms with Crippen LogP contribution in [0.2, 0.25) is 5.02 Å². The molecule has 0 saturated carbocycles. The number of hydrogen-bond donors (Lipinski definition) is 0. The first kappa shape index (κ1) is 23.0. The molecule has 0 unspecified atom stereocenters. The third-order valence-electron chi connectivity index (χ3n) is 5.73. The minimum absolute atomic E-state index is 0.132. The van der Waals surface area contributed by atoms with Gasteiger partial charge in [0.2, 0.25) is 0 Å². The highest BCUT2D eigenvalue weighted by molar-refractivity contribution is 6.30. The minimum atomic E-state index is 0.132. The summed E-state index contributed by atoms with van der Waals surface area (Å²) in [6.07, 6.45) is 3.07. The summed E-state index contributed by atoms with van der Waals surface area (Å²) in [6, 6.07) is 24.2. The van der Waals surface area contributed by atoms with Gasteiger partial charge in [0.05, 0.1) is 17.1 Å². The zero-order valence-corrected chi connectivity index (χ0v) is 20.0. The lowest BCUT2D eigenvalue weighted by Crippen LogP contribution is -2.14. The molecule has 0 bridgehead atoms. The predicted octanol–water partition coefficient (Wildman–Crippen LogP) is 6.69. The van der Waals surface area contributed by atoms with Crippen LogP contribution in [0.1, 0.15) is 28.8 Å². The molecule has 4 aromatic rings. The Bertz CT molecular complexity index is 1240. The first-order valence-corrected chi connectivity index (χ1v) is 11.5. The van der Waals surface area contributed by atoms with E-state index in [-0.39, 0.29) is 5.78 Å². The predicted molar refractivity (Wildman–Crippen MR) is 136 cm³/mol. The molecule has 2 aromatic carbocycles. The molecule has 5 heteroatoms. The van der Waals surface area contributed by atoms with E-state index in [4.69, 9.17) is 11.6 Å². The van der Waals surface area contributed by atoms with E-state index in [1.807, 2.05) is 62.6 Å². The average Bonchev–Trinajstić information content (AvgIpc) is 3.24. The summed E-state index contributed by atoms with van der Waals surface area (Å²) < 4.78 is 2.22. The largest absolute Gasteiger partial charge is 0.309 e. The molecular formula is C28H28ClN3O. The number of pyridine rings is 1. The summed E-state index contributed by atoms with van der Waals surface area (Å²) in [7, 11) is 4.03. The van der Waals surface area contributed by atoms with Crippen molar-refractivity contribution in [1.82, 2.24) is 14.5 Å². The number of para-hydroxylation sites is 1. The monoisotopic (exact) mass is 457 g/mol. The van der Waals surface area contributed by atoms with Crippen LogP contribution in [0.4, 0.5) is 0 Å². The van der Waals surface area contributed by atoms with E-state index in [9.17, 15) is 4.79 Å². The smallest absolute Gasteiger partial charge is 0.164 e. The zero-order chi connectivity index (χ0) is 23.4. The van der Waals surface area contributed by atoms with Crippen LogP contribution in [0.3, 0.4) is 0 Å². The van der Waals surface area contributed by atoms with Crippen molar-refractivity contribution in [3.63, 3.8) is 0 Å². The van der Waals surface area contributed by atoms with Gasteiger partial charge in [-0.25, -0.2) is 0 Å². The van der Waals surface area contributed by atoms with Crippen molar-refractivity contribution in [2.45, 2.75) is 19.8 Å². The topological polar surface area (TPSA) is 38.1 Å². The second kappa shape index (κ2) is 10.2. The highest BCUT2D eigenvalue weighted by atomic mass is 35.5. The van der Waals surface area contributed by atoms with Crippen LogP contribution >= 0.6 is 11.6 Å². The van der Waals surface area contributed by atoms with Gasteiger partial charge in [0, 0.05) is 28.9 Å². The van der Waals surface area contributed by atoms with E-state index in [1.165, 1.54) is 0 Å². The van der Waals surface area contributed by atoms with Gasteiger partial charge in [0.25, 0.3) is 0 Å². The molecule has 0 aliphatic carbocycles. The number of Topliss-reactive ketones (excluding diaryl/α,β-unsaturated/α-hetero) is 1. The number of nitrogens with zero attached hydrogens (tertiary/aromatic N) is 3. The lowest BCUT2D eigenvalue weighted by molar-refractivity contribution is 0.0977. The van der Waals surface area contributed by atoms with Gasteiger partial charge in [-0.15, -0.1) is 0 Å². The summed E-state index contributed by atoms with van der Waals surface area (Å²) in [4.78, 5) is 19.3. The molecule has 0 aliphatic rings. The van der Waals surface area contributed by atoms with Crippen molar-refractivity contribution in [2.75, 3.05) is 20.6 Å². The Hall–Kier alpha value is -3.21. The molecule has 0 fully saturated rings. The highest BCUT2D eigenvalue weighted by Crippen LogP contribution is 2.33. The summed E-state index contributed by atoms with van der Waals surface area (Å²) >= 11 is 6.12. The number of benzene rings is 2. The fourth-order valence-electron chi connectivity index (χ4n) is 3.97. The standard InChI is InChI=1S/C28H28ClN3O/c1-20-7-4-5-8-25(20)32-26(21-10-13-23(29)14-11-21)16-17-27(32)24-15-12-22(19-30-24)28(33)9-6-18-31(2)3/h4-5,7-8,10-17,19H,6,9,18H2,1-3H3. The number of aryl methyl sites for hydroxylation is 1. The Labute approximate surface area is 200 Å². The van der Waals surface area contributed by atoms with Crippen LogP contribution in [-0.2, 0) is 0 Å². The first-order valence-electron chi connectivity index (χ1n) is 11.1. The summed E-state index contributed by atoms with van der Waals surface area (Å²) in [5.74, 6) is 0.132. The molecule has 0 aliphatic heterocycles. The van der Waals surface area contributed by atoms with Gasteiger partial charge < -0.3 is 9.47 Å². The third-order valence-corrected chi connectivity index (χ3v) is 5.99. The summed E-state index contributed by atoms with van der Waals surface area (Å²) in [5, 5.41) is 0.709. The summed E-state index contributed by atoms with van der Waals surface area (Å²) in [6.45, 7) is 3.00. The van der Waals surface area contributed by atoms with Crippen molar-refractivity contribution >= 4 is 17.4 Å². The van der Waals surface area contributed by atoms with Crippen molar-refractivity contribution in [1.29, 1.82) is 0 Å². The van der Waals surface area contributed by atoms with Crippen molar-refractivity contribution in [2.24, 2.45) is 0 Å².